The minimum atomic E-state index is -3.42. The molecule has 1 aromatic heterocycles. The van der Waals surface area contributed by atoms with Gasteiger partial charge < -0.3 is 10.2 Å². The van der Waals surface area contributed by atoms with Gasteiger partial charge in [-0.05, 0) is 42.7 Å². The average Bonchev–Trinajstić information content (AvgIpc) is 2.88. The van der Waals surface area contributed by atoms with Gasteiger partial charge in [0.2, 0.25) is 0 Å². The minimum absolute atomic E-state index is 0.0362. The van der Waals surface area contributed by atoms with Crippen molar-refractivity contribution in [3.63, 3.8) is 0 Å². The van der Waals surface area contributed by atoms with Crippen LogP contribution in [0.2, 0.25) is 0 Å². The van der Waals surface area contributed by atoms with E-state index in [-0.39, 0.29) is 17.0 Å². The lowest BCUT2D eigenvalue weighted by Crippen LogP contribution is -2.38. The number of carbonyl (C=O) groups is 1. The summed E-state index contributed by atoms with van der Waals surface area (Å²) in [5.41, 5.74) is 1.37. The Morgan fingerprint density at radius 1 is 1.12 bits per heavy atom. The number of anilines is 1. The number of nitrogens with zero attached hydrogens (tertiary/aromatic N) is 2. The Hall–Kier alpha value is -2.41. The van der Waals surface area contributed by atoms with Crippen molar-refractivity contribution in [2.75, 3.05) is 18.1 Å². The molecule has 0 spiro atoms. The first-order valence-corrected chi connectivity index (χ1v) is 10.6. The van der Waals surface area contributed by atoms with Crippen molar-refractivity contribution >= 4 is 21.6 Å². The molecule has 0 saturated carbocycles. The van der Waals surface area contributed by atoms with Crippen molar-refractivity contribution in [1.82, 2.24) is 9.88 Å². The summed E-state index contributed by atoms with van der Waals surface area (Å²) >= 11 is 0. The van der Waals surface area contributed by atoms with E-state index in [0.717, 1.165) is 37.5 Å². The van der Waals surface area contributed by atoms with Crippen molar-refractivity contribution < 1.29 is 13.2 Å². The molecule has 2 amide bonds. The van der Waals surface area contributed by atoms with Crippen LogP contribution < -0.4 is 5.32 Å². The molecular weight excluding hydrogens is 350 g/mol. The standard InChI is InChI=1S/C19H23N3O3S/c1-26(24,25)18-9-5-4-7-16(18)21-19(23)22-14-6-2-3-8-17(22)15-10-12-20-13-11-15/h4-5,7,9-13,17H,2-3,6,8,14H2,1H3,(H,21,23)/t17-/m0/s1. The van der Waals surface area contributed by atoms with Crippen LogP contribution in [0, 0.1) is 0 Å². The first-order valence-electron chi connectivity index (χ1n) is 8.73. The molecule has 0 radical (unpaired) electrons. The van der Waals surface area contributed by atoms with Gasteiger partial charge in [-0.15, -0.1) is 0 Å². The molecule has 6 nitrogen and oxygen atoms in total. The lowest BCUT2D eigenvalue weighted by molar-refractivity contribution is 0.189. The highest BCUT2D eigenvalue weighted by Crippen LogP contribution is 2.31. The van der Waals surface area contributed by atoms with Gasteiger partial charge in [-0.1, -0.05) is 25.0 Å². The van der Waals surface area contributed by atoms with Gasteiger partial charge in [0.15, 0.2) is 9.84 Å². The van der Waals surface area contributed by atoms with Crippen LogP contribution in [0.5, 0.6) is 0 Å². The molecule has 0 aliphatic carbocycles. The van der Waals surface area contributed by atoms with Crippen molar-refractivity contribution in [3.05, 3.63) is 54.4 Å². The third-order valence-corrected chi connectivity index (χ3v) is 5.79. The summed E-state index contributed by atoms with van der Waals surface area (Å²) in [5, 5.41) is 2.81. The van der Waals surface area contributed by atoms with Crippen LogP contribution in [-0.2, 0) is 9.84 Å². The molecule has 1 aliphatic rings. The van der Waals surface area contributed by atoms with Crippen LogP contribution in [0.15, 0.2) is 53.7 Å². The topological polar surface area (TPSA) is 79.4 Å². The lowest BCUT2D eigenvalue weighted by Gasteiger charge is -2.30. The molecule has 1 saturated heterocycles. The van der Waals surface area contributed by atoms with Crippen molar-refractivity contribution in [2.24, 2.45) is 0 Å². The van der Waals surface area contributed by atoms with Gasteiger partial charge in [-0.25, -0.2) is 13.2 Å². The molecule has 1 N–H and O–H groups in total. The maximum absolute atomic E-state index is 13.0. The summed E-state index contributed by atoms with van der Waals surface area (Å²) in [5.74, 6) is 0. The summed E-state index contributed by atoms with van der Waals surface area (Å²) in [6, 6.07) is 10.0. The maximum atomic E-state index is 13.0. The van der Waals surface area contributed by atoms with E-state index in [1.165, 1.54) is 6.07 Å². The average molecular weight is 373 g/mol. The van der Waals surface area contributed by atoms with Gasteiger partial charge in [0.25, 0.3) is 0 Å². The lowest BCUT2D eigenvalue weighted by atomic mass is 10.0. The van der Waals surface area contributed by atoms with Crippen LogP contribution in [0.25, 0.3) is 0 Å². The second-order valence-corrected chi connectivity index (χ2v) is 8.52. The Morgan fingerprint density at radius 3 is 2.58 bits per heavy atom. The fourth-order valence-electron chi connectivity index (χ4n) is 3.36. The number of nitrogens with one attached hydrogen (secondary N) is 1. The van der Waals surface area contributed by atoms with Gasteiger partial charge in [-0.2, -0.15) is 0 Å². The Labute approximate surface area is 154 Å². The zero-order valence-corrected chi connectivity index (χ0v) is 15.6. The van der Waals surface area contributed by atoms with Crippen LogP contribution >= 0.6 is 0 Å². The molecule has 2 heterocycles. The third-order valence-electron chi connectivity index (χ3n) is 4.63. The number of carbonyl (C=O) groups excluding carboxylic acids is 1. The Kier molecular flexibility index (Phi) is 5.56. The van der Waals surface area contributed by atoms with Gasteiger partial charge in [0, 0.05) is 25.2 Å². The fourth-order valence-corrected chi connectivity index (χ4v) is 4.21. The van der Waals surface area contributed by atoms with Crippen molar-refractivity contribution in [3.8, 4) is 0 Å². The number of hydrogen-bond donors (Lipinski definition) is 1. The predicted molar refractivity (Wildman–Crippen MR) is 101 cm³/mol. The Bertz CT molecular complexity index is 869. The van der Waals surface area contributed by atoms with Crippen molar-refractivity contribution in [2.45, 2.75) is 36.6 Å². The van der Waals surface area contributed by atoms with Crippen LogP contribution in [0.3, 0.4) is 0 Å². The normalized spacial score (nSPS) is 18.2. The number of likely N-dealkylation sites (tertiary alicyclic amines) is 1. The quantitative estimate of drug-likeness (QED) is 0.891. The number of urea groups is 1. The molecule has 26 heavy (non-hydrogen) atoms. The number of benzene rings is 1. The summed E-state index contributed by atoms with van der Waals surface area (Å²) in [7, 11) is -3.42. The second kappa shape index (κ2) is 7.86. The number of pyridine rings is 1. The molecule has 3 rings (SSSR count). The van der Waals surface area contributed by atoms with E-state index in [1.807, 2.05) is 12.1 Å². The summed E-state index contributed by atoms with van der Waals surface area (Å²) < 4.78 is 24.0. The number of sulfone groups is 1. The number of hydrogen-bond acceptors (Lipinski definition) is 4. The SMILES string of the molecule is CS(=O)(=O)c1ccccc1NC(=O)N1CCCCC[C@H]1c1ccncc1. The van der Waals surface area contributed by atoms with E-state index >= 15 is 0 Å². The van der Waals surface area contributed by atoms with E-state index in [2.05, 4.69) is 10.3 Å². The molecule has 2 aromatic rings. The van der Waals surface area contributed by atoms with Crippen LogP contribution in [-0.4, -0.2) is 37.1 Å². The monoisotopic (exact) mass is 373 g/mol. The molecular formula is C19H23N3O3S. The molecule has 7 heteroatoms. The second-order valence-electron chi connectivity index (χ2n) is 6.54. The van der Waals surface area contributed by atoms with E-state index in [4.69, 9.17) is 0 Å². The number of rotatable bonds is 3. The summed E-state index contributed by atoms with van der Waals surface area (Å²) in [6.07, 6.45) is 8.55. The Balaban J connectivity index is 1.88. The predicted octanol–water partition coefficient (Wildman–Crippen LogP) is 3.63. The number of aromatic nitrogens is 1. The highest BCUT2D eigenvalue weighted by Gasteiger charge is 2.27. The Morgan fingerprint density at radius 2 is 1.85 bits per heavy atom. The number of para-hydroxylation sites is 1. The molecule has 0 bridgehead atoms. The van der Waals surface area contributed by atoms with Crippen molar-refractivity contribution in [1.29, 1.82) is 0 Å². The van der Waals surface area contributed by atoms with E-state index in [1.54, 1.807) is 35.5 Å². The smallest absolute Gasteiger partial charge is 0.317 e. The van der Waals surface area contributed by atoms with Gasteiger partial charge >= 0.3 is 6.03 Å². The minimum Gasteiger partial charge on any atom is -0.317 e. The van der Waals surface area contributed by atoms with E-state index in [0.29, 0.717) is 12.2 Å². The van der Waals surface area contributed by atoms with Crippen LogP contribution in [0.4, 0.5) is 10.5 Å². The van der Waals surface area contributed by atoms with Crippen LogP contribution in [0.1, 0.15) is 37.3 Å². The first-order chi connectivity index (χ1) is 12.5. The van der Waals surface area contributed by atoms with Gasteiger partial charge in [0.05, 0.1) is 16.6 Å². The highest BCUT2D eigenvalue weighted by atomic mass is 32.2. The molecule has 0 unspecified atom stereocenters. The summed E-state index contributed by atoms with van der Waals surface area (Å²) in [6.45, 7) is 0.639. The van der Waals surface area contributed by atoms with E-state index < -0.39 is 9.84 Å². The largest absolute Gasteiger partial charge is 0.322 e. The molecule has 1 fully saturated rings. The number of amides is 2. The molecule has 138 valence electrons. The zero-order chi connectivity index (χ0) is 18.6. The van der Waals surface area contributed by atoms with Gasteiger partial charge in [0.1, 0.15) is 0 Å². The van der Waals surface area contributed by atoms with Gasteiger partial charge in [-0.3, -0.25) is 4.98 Å². The maximum Gasteiger partial charge on any atom is 0.322 e. The third kappa shape index (κ3) is 4.22. The fraction of sp³-hybridized carbons (Fsp3) is 0.368. The van der Waals surface area contributed by atoms with E-state index in [9.17, 15) is 13.2 Å². The summed E-state index contributed by atoms with van der Waals surface area (Å²) in [4.78, 5) is 19.0. The molecule has 1 atom stereocenters. The highest BCUT2D eigenvalue weighted by molar-refractivity contribution is 7.90. The molecule has 1 aromatic carbocycles. The zero-order valence-electron chi connectivity index (χ0n) is 14.8. The molecule has 1 aliphatic heterocycles. The first kappa shape index (κ1) is 18.4.